The minimum atomic E-state index is -0.556. The van der Waals surface area contributed by atoms with Crippen molar-refractivity contribution in [1.29, 1.82) is 5.26 Å². The molecule has 0 aliphatic rings. The van der Waals surface area contributed by atoms with Gasteiger partial charge in [-0.05, 0) is 53.4 Å². The quantitative estimate of drug-likeness (QED) is 0.226. The molecule has 0 N–H and O–H groups in total. The van der Waals surface area contributed by atoms with Crippen LogP contribution in [-0.2, 0) is 19.5 Å². The Kier molecular flexibility index (Phi) is 7.86. The summed E-state index contributed by atoms with van der Waals surface area (Å²) in [6.07, 6.45) is 0.713. The van der Waals surface area contributed by atoms with Gasteiger partial charge in [-0.3, -0.25) is 18.7 Å². The van der Waals surface area contributed by atoms with E-state index in [0.29, 0.717) is 39.3 Å². The molecule has 8 nitrogen and oxygen atoms in total. The number of benzene rings is 3. The molecule has 2 heterocycles. The average Bonchev–Trinajstić information content (AvgIpc) is 3.46. The molecule has 0 fully saturated rings. The Bertz CT molecular complexity index is 1930. The summed E-state index contributed by atoms with van der Waals surface area (Å²) >= 11 is 1.41. The van der Waals surface area contributed by atoms with E-state index in [-0.39, 0.29) is 6.54 Å². The lowest BCUT2D eigenvalue weighted by molar-refractivity contribution is 0.0968. The Labute approximate surface area is 240 Å². The zero-order valence-corrected chi connectivity index (χ0v) is 23.7. The van der Waals surface area contributed by atoms with Crippen molar-refractivity contribution in [2.75, 3.05) is 14.2 Å². The Morgan fingerprint density at radius 3 is 2.34 bits per heavy atom. The van der Waals surface area contributed by atoms with Gasteiger partial charge >= 0.3 is 5.69 Å². The maximum absolute atomic E-state index is 13.8. The van der Waals surface area contributed by atoms with Crippen molar-refractivity contribution in [2.24, 2.45) is 0 Å². The maximum Gasteiger partial charge on any atom is 0.332 e. The number of methoxy groups -OCH3 is 2. The van der Waals surface area contributed by atoms with E-state index < -0.39 is 23.6 Å². The van der Waals surface area contributed by atoms with Gasteiger partial charge in [0.05, 0.1) is 44.3 Å². The second-order valence-electron chi connectivity index (χ2n) is 9.39. The van der Waals surface area contributed by atoms with Gasteiger partial charge in [0.15, 0.2) is 17.3 Å². The van der Waals surface area contributed by atoms with E-state index in [1.54, 1.807) is 28.8 Å². The van der Waals surface area contributed by atoms with Crippen molar-refractivity contribution >= 4 is 27.3 Å². The van der Waals surface area contributed by atoms with Crippen LogP contribution in [-0.4, -0.2) is 29.1 Å². The minimum absolute atomic E-state index is 0.212. The first-order valence-corrected chi connectivity index (χ1v) is 13.8. The van der Waals surface area contributed by atoms with Gasteiger partial charge in [0, 0.05) is 10.4 Å². The molecule has 0 amide bonds. The lowest BCUT2D eigenvalue weighted by atomic mass is 9.99. The highest BCUT2D eigenvalue weighted by molar-refractivity contribution is 7.18. The molecule has 206 valence electrons. The molecule has 5 rings (SSSR count). The van der Waals surface area contributed by atoms with Crippen LogP contribution in [0.5, 0.6) is 11.5 Å². The first kappa shape index (κ1) is 27.6. The molecule has 5 aromatic rings. The van der Waals surface area contributed by atoms with Gasteiger partial charge in [-0.15, -0.1) is 11.3 Å². The maximum atomic E-state index is 13.8. The summed E-state index contributed by atoms with van der Waals surface area (Å²) in [6, 6.07) is 23.8. The van der Waals surface area contributed by atoms with E-state index in [9.17, 15) is 19.6 Å². The number of fused-ring (bicyclic) bond motifs is 1. The molecule has 0 saturated heterocycles. The number of carbonyl (C=O) groups is 1. The van der Waals surface area contributed by atoms with Gasteiger partial charge in [0.1, 0.15) is 4.83 Å². The van der Waals surface area contributed by atoms with Gasteiger partial charge in [-0.25, -0.2) is 4.79 Å². The fraction of sp³-hybridized carbons (Fsp3) is 0.188. The molecule has 0 unspecified atom stereocenters. The number of nitrogens with zero attached hydrogens (tertiary/aromatic N) is 3. The Morgan fingerprint density at radius 2 is 1.66 bits per heavy atom. The van der Waals surface area contributed by atoms with Gasteiger partial charge in [-0.1, -0.05) is 49.4 Å². The average molecular weight is 566 g/mol. The standard InChI is InChI=1S/C32H27N3O5S/c1-4-24-16-26-30(37)34(19-27(36)22-13-14-28(39-2)29(15-22)40-3)32(38)35(31(26)41-24)18-20-9-11-21(12-10-20)25-8-6-5-7-23(25)17-33/h5-16H,4,18-19H2,1-3H3. The Hall–Kier alpha value is -4.94. The predicted octanol–water partition coefficient (Wildman–Crippen LogP) is 5.27. The number of aryl methyl sites for hydroxylation is 1. The molecule has 0 radical (unpaired) electrons. The van der Waals surface area contributed by atoms with E-state index in [0.717, 1.165) is 26.1 Å². The van der Waals surface area contributed by atoms with Crippen LogP contribution in [0, 0.1) is 11.3 Å². The molecule has 0 atom stereocenters. The number of Topliss-reactive ketones (excluding diaryl/α,β-unsaturated/α-hetero) is 1. The van der Waals surface area contributed by atoms with Crippen LogP contribution in [0.3, 0.4) is 0 Å². The van der Waals surface area contributed by atoms with Crippen LogP contribution in [0.1, 0.15) is 33.3 Å². The third-order valence-electron chi connectivity index (χ3n) is 6.95. The number of rotatable bonds is 9. The lowest BCUT2D eigenvalue weighted by Crippen LogP contribution is -2.41. The molecule has 2 aromatic heterocycles. The van der Waals surface area contributed by atoms with Crippen molar-refractivity contribution in [3.8, 4) is 28.7 Å². The smallest absolute Gasteiger partial charge is 0.332 e. The summed E-state index contributed by atoms with van der Waals surface area (Å²) in [5.74, 6) is 0.449. The SMILES string of the molecule is CCc1cc2c(=O)n(CC(=O)c3ccc(OC)c(OC)c3)c(=O)n(Cc3ccc(-c4ccccc4C#N)cc3)c2s1. The van der Waals surface area contributed by atoms with Gasteiger partial charge in [0.2, 0.25) is 0 Å². The number of thiophene rings is 1. The topological polar surface area (TPSA) is 103 Å². The molecule has 41 heavy (non-hydrogen) atoms. The highest BCUT2D eigenvalue weighted by Gasteiger charge is 2.20. The van der Waals surface area contributed by atoms with Crippen molar-refractivity contribution < 1.29 is 14.3 Å². The highest BCUT2D eigenvalue weighted by Crippen LogP contribution is 2.28. The summed E-state index contributed by atoms with van der Waals surface area (Å²) in [5.41, 5.74) is 2.39. The second kappa shape index (κ2) is 11.7. The van der Waals surface area contributed by atoms with Crippen molar-refractivity contribution in [2.45, 2.75) is 26.4 Å². The molecule has 0 bridgehead atoms. The number of carbonyl (C=O) groups excluding carboxylic acids is 1. The lowest BCUT2D eigenvalue weighted by Gasteiger charge is -2.13. The van der Waals surface area contributed by atoms with E-state index in [2.05, 4.69) is 6.07 Å². The van der Waals surface area contributed by atoms with E-state index in [1.165, 1.54) is 31.6 Å². The van der Waals surface area contributed by atoms with Crippen LogP contribution in [0.4, 0.5) is 0 Å². The third kappa shape index (κ3) is 5.30. The van der Waals surface area contributed by atoms with Crippen LogP contribution in [0.25, 0.3) is 21.3 Å². The highest BCUT2D eigenvalue weighted by atomic mass is 32.1. The summed E-state index contributed by atoms with van der Waals surface area (Å²) in [4.78, 5) is 42.0. The largest absolute Gasteiger partial charge is 0.493 e. The van der Waals surface area contributed by atoms with Crippen LogP contribution in [0.2, 0.25) is 0 Å². The zero-order chi connectivity index (χ0) is 29.1. The summed E-state index contributed by atoms with van der Waals surface area (Å²) in [7, 11) is 2.97. The first-order chi connectivity index (χ1) is 19.9. The minimum Gasteiger partial charge on any atom is -0.493 e. The van der Waals surface area contributed by atoms with Gasteiger partial charge in [0.25, 0.3) is 5.56 Å². The zero-order valence-electron chi connectivity index (χ0n) is 22.8. The normalized spacial score (nSPS) is 10.9. The molecular formula is C32H27N3O5S. The van der Waals surface area contributed by atoms with Crippen molar-refractivity contribution in [3.63, 3.8) is 0 Å². The molecule has 3 aromatic carbocycles. The monoisotopic (exact) mass is 565 g/mol. The number of hydrogen-bond acceptors (Lipinski definition) is 7. The number of nitriles is 1. The fourth-order valence-corrected chi connectivity index (χ4v) is 5.83. The third-order valence-corrected chi connectivity index (χ3v) is 8.26. The number of ketones is 1. The van der Waals surface area contributed by atoms with Crippen molar-refractivity contribution in [3.05, 3.63) is 115 Å². The van der Waals surface area contributed by atoms with Gasteiger partial charge in [-0.2, -0.15) is 5.26 Å². The number of ether oxygens (including phenoxy) is 2. The molecule has 0 spiro atoms. The van der Waals surface area contributed by atoms with E-state index in [4.69, 9.17) is 9.47 Å². The molecule has 0 aliphatic carbocycles. The Morgan fingerprint density at radius 1 is 0.927 bits per heavy atom. The second-order valence-corrected chi connectivity index (χ2v) is 10.5. The number of hydrogen-bond donors (Lipinski definition) is 0. The Balaban J connectivity index is 1.54. The van der Waals surface area contributed by atoms with Gasteiger partial charge < -0.3 is 9.47 Å². The molecule has 0 aliphatic heterocycles. The van der Waals surface area contributed by atoms with Crippen LogP contribution >= 0.6 is 11.3 Å². The van der Waals surface area contributed by atoms with Crippen molar-refractivity contribution in [1.82, 2.24) is 9.13 Å². The van der Waals surface area contributed by atoms with Crippen LogP contribution < -0.4 is 20.7 Å². The first-order valence-electron chi connectivity index (χ1n) is 13.0. The summed E-state index contributed by atoms with van der Waals surface area (Å²) in [5, 5.41) is 9.87. The summed E-state index contributed by atoms with van der Waals surface area (Å²) < 4.78 is 13.1. The predicted molar refractivity (Wildman–Crippen MR) is 159 cm³/mol. The molecule has 9 heteroatoms. The summed E-state index contributed by atoms with van der Waals surface area (Å²) in [6.45, 7) is 1.79. The number of aromatic nitrogens is 2. The van der Waals surface area contributed by atoms with Crippen LogP contribution in [0.15, 0.2) is 82.4 Å². The molecular weight excluding hydrogens is 538 g/mol. The molecule has 0 saturated carbocycles. The fourth-order valence-electron chi connectivity index (χ4n) is 4.75. The van der Waals surface area contributed by atoms with E-state index in [1.807, 2.05) is 49.4 Å². The van der Waals surface area contributed by atoms with E-state index >= 15 is 0 Å².